The topological polar surface area (TPSA) is 29.5 Å². The van der Waals surface area contributed by atoms with E-state index in [4.69, 9.17) is 8.83 Å². The van der Waals surface area contributed by atoms with Crippen molar-refractivity contribution in [2.45, 2.75) is 0 Å². The van der Waals surface area contributed by atoms with Crippen LogP contribution in [0.3, 0.4) is 0 Å². The van der Waals surface area contributed by atoms with Gasteiger partial charge in [0, 0.05) is 38.7 Å². The van der Waals surface area contributed by atoms with Crippen LogP contribution in [-0.2, 0) is 0 Å². The lowest BCUT2D eigenvalue weighted by atomic mass is 9.88. The van der Waals surface area contributed by atoms with Crippen LogP contribution >= 0.6 is 0 Å². The molecule has 0 aliphatic heterocycles. The molecule has 0 saturated carbocycles. The zero-order chi connectivity index (χ0) is 41.4. The highest BCUT2D eigenvalue weighted by atomic mass is 16.3. The van der Waals surface area contributed by atoms with E-state index in [9.17, 15) is 0 Å². The zero-order valence-corrected chi connectivity index (χ0v) is 34.1. The molecular formula is C60H37NO2. The lowest BCUT2D eigenvalue weighted by Gasteiger charge is -2.30. The van der Waals surface area contributed by atoms with Crippen LogP contribution in [0.15, 0.2) is 233 Å². The van der Waals surface area contributed by atoms with Gasteiger partial charge in [0.05, 0.1) is 11.1 Å². The summed E-state index contributed by atoms with van der Waals surface area (Å²) in [6, 6.07) is 80.6. The molecule has 0 fully saturated rings. The van der Waals surface area contributed by atoms with Gasteiger partial charge >= 0.3 is 0 Å². The summed E-state index contributed by atoms with van der Waals surface area (Å²) < 4.78 is 13.3. The van der Waals surface area contributed by atoms with E-state index >= 15 is 0 Å². The number of nitrogens with zero attached hydrogens (tertiary/aromatic N) is 1. The van der Waals surface area contributed by atoms with Crippen LogP contribution < -0.4 is 4.90 Å². The molecular weight excluding hydrogens is 767 g/mol. The summed E-state index contributed by atoms with van der Waals surface area (Å²) in [7, 11) is 0. The molecule has 0 spiro atoms. The monoisotopic (exact) mass is 803 g/mol. The number of para-hydroxylation sites is 2. The second-order valence-electron chi connectivity index (χ2n) is 16.3. The highest BCUT2D eigenvalue weighted by Gasteiger charge is 2.27. The van der Waals surface area contributed by atoms with Crippen molar-refractivity contribution in [2.24, 2.45) is 0 Å². The predicted molar refractivity (Wildman–Crippen MR) is 265 cm³/mol. The first kappa shape index (κ1) is 35.4. The van der Waals surface area contributed by atoms with E-state index in [1.807, 2.05) is 6.07 Å². The second-order valence-corrected chi connectivity index (χ2v) is 16.3. The van der Waals surface area contributed by atoms with E-state index in [1.54, 1.807) is 0 Å². The van der Waals surface area contributed by atoms with Crippen LogP contribution in [0, 0.1) is 0 Å². The second kappa shape index (κ2) is 14.1. The maximum Gasteiger partial charge on any atom is 0.137 e. The molecule has 0 bridgehead atoms. The van der Waals surface area contributed by atoms with Crippen molar-refractivity contribution in [1.82, 2.24) is 0 Å². The van der Waals surface area contributed by atoms with Crippen molar-refractivity contribution in [3.63, 3.8) is 0 Å². The zero-order valence-electron chi connectivity index (χ0n) is 34.1. The van der Waals surface area contributed by atoms with Crippen molar-refractivity contribution < 1.29 is 8.83 Å². The number of anilines is 3. The van der Waals surface area contributed by atoms with Gasteiger partial charge in [-0.1, -0.05) is 164 Å². The molecule has 3 nitrogen and oxygen atoms in total. The van der Waals surface area contributed by atoms with Gasteiger partial charge in [-0.25, -0.2) is 0 Å². The molecule has 11 aromatic carbocycles. The average molecular weight is 804 g/mol. The fourth-order valence-corrected chi connectivity index (χ4v) is 10.1. The maximum atomic E-state index is 6.75. The van der Waals surface area contributed by atoms with Gasteiger partial charge in [0.2, 0.25) is 0 Å². The van der Waals surface area contributed by atoms with Crippen molar-refractivity contribution in [3.05, 3.63) is 224 Å². The van der Waals surface area contributed by atoms with Gasteiger partial charge in [-0.05, 0) is 115 Å². The summed E-state index contributed by atoms with van der Waals surface area (Å²) >= 11 is 0. The van der Waals surface area contributed by atoms with Crippen LogP contribution in [0.2, 0.25) is 0 Å². The van der Waals surface area contributed by atoms with Gasteiger partial charge in [-0.2, -0.15) is 0 Å². The van der Waals surface area contributed by atoms with Crippen molar-refractivity contribution in [1.29, 1.82) is 0 Å². The Kier molecular flexibility index (Phi) is 7.91. The largest absolute Gasteiger partial charge is 0.456 e. The molecule has 0 N–H and O–H groups in total. The number of furan rings is 2. The highest BCUT2D eigenvalue weighted by molar-refractivity contribution is 6.26. The average Bonchev–Trinajstić information content (AvgIpc) is 3.93. The summed E-state index contributed by atoms with van der Waals surface area (Å²) in [5.74, 6) is 0. The normalized spacial score (nSPS) is 11.8. The van der Waals surface area contributed by atoms with Gasteiger partial charge < -0.3 is 13.7 Å². The summed E-state index contributed by atoms with van der Waals surface area (Å²) in [6.07, 6.45) is 0. The van der Waals surface area contributed by atoms with E-state index in [0.717, 1.165) is 88.8 Å². The number of benzene rings is 11. The summed E-state index contributed by atoms with van der Waals surface area (Å²) in [5.41, 5.74) is 13.3. The third kappa shape index (κ3) is 5.53. The van der Waals surface area contributed by atoms with Gasteiger partial charge in [-0.3, -0.25) is 0 Å². The molecule has 0 aliphatic carbocycles. The molecule has 0 aliphatic rings. The smallest absolute Gasteiger partial charge is 0.137 e. The molecule has 13 rings (SSSR count). The first-order chi connectivity index (χ1) is 31.3. The number of rotatable bonds is 6. The number of hydrogen-bond acceptors (Lipinski definition) is 3. The van der Waals surface area contributed by atoms with Crippen LogP contribution in [0.4, 0.5) is 17.1 Å². The van der Waals surface area contributed by atoms with Gasteiger partial charge in [0.25, 0.3) is 0 Å². The molecule has 63 heavy (non-hydrogen) atoms. The quantitative estimate of drug-likeness (QED) is 0.157. The lowest BCUT2D eigenvalue weighted by Crippen LogP contribution is -2.12. The Bertz CT molecular complexity index is 3860. The highest BCUT2D eigenvalue weighted by Crippen LogP contribution is 2.52. The Morgan fingerprint density at radius 3 is 1.33 bits per heavy atom. The molecule has 2 heterocycles. The number of fused-ring (bicyclic) bond motifs is 12. The predicted octanol–water partition coefficient (Wildman–Crippen LogP) is 17.4. The van der Waals surface area contributed by atoms with Crippen LogP contribution in [-0.4, -0.2) is 0 Å². The fraction of sp³-hybridized carbons (Fsp3) is 0. The molecule has 0 atom stereocenters. The molecule has 13 aromatic rings. The van der Waals surface area contributed by atoms with Crippen LogP contribution in [0.25, 0.3) is 110 Å². The summed E-state index contributed by atoms with van der Waals surface area (Å²) in [5, 5.41) is 11.7. The first-order valence-electron chi connectivity index (χ1n) is 21.5. The third-order valence-electron chi connectivity index (χ3n) is 12.9. The van der Waals surface area contributed by atoms with Crippen LogP contribution in [0.5, 0.6) is 0 Å². The van der Waals surface area contributed by atoms with Crippen molar-refractivity contribution >= 4 is 93.3 Å². The molecule has 0 radical (unpaired) electrons. The molecule has 0 saturated heterocycles. The molecule has 2 aromatic heterocycles. The fourth-order valence-electron chi connectivity index (χ4n) is 10.1. The van der Waals surface area contributed by atoms with Crippen molar-refractivity contribution in [2.75, 3.05) is 4.90 Å². The first-order valence-corrected chi connectivity index (χ1v) is 21.5. The standard InChI is InChI=1S/C60H37NO2/c1-3-15-38(16-4-1)39-27-29-41(30-28-39)61(42-31-32-47-45-21-8-7-19-43(45)44-20-9-10-22-46(44)52(47)37-42)60-49(34-36-56-59(60)51-24-12-14-26-54(51)63-56)48-33-35-55-58(50-23-11-13-25-53(50)62-55)57(48)40-17-5-2-6-18-40/h1-37H. The lowest BCUT2D eigenvalue weighted by molar-refractivity contribution is 0.668. The number of hydrogen-bond donors (Lipinski definition) is 0. The van der Waals surface area contributed by atoms with E-state index < -0.39 is 0 Å². The van der Waals surface area contributed by atoms with E-state index in [2.05, 4.69) is 223 Å². The molecule has 0 amide bonds. The Morgan fingerprint density at radius 2 is 0.714 bits per heavy atom. The SMILES string of the molecule is c1ccc(-c2ccc(N(c3ccc4c5ccccc5c5ccccc5c4c3)c3c(-c4ccc5oc6ccccc6c5c4-c4ccccc4)ccc4oc5ccccc5c34)cc2)cc1. The Labute approximate surface area is 363 Å². The van der Waals surface area contributed by atoms with E-state index in [1.165, 1.54) is 37.9 Å². The van der Waals surface area contributed by atoms with Gasteiger partial charge in [0.15, 0.2) is 0 Å². The van der Waals surface area contributed by atoms with Gasteiger partial charge in [0.1, 0.15) is 22.3 Å². The third-order valence-corrected chi connectivity index (χ3v) is 12.9. The Morgan fingerprint density at radius 1 is 0.270 bits per heavy atom. The minimum absolute atomic E-state index is 0.828. The van der Waals surface area contributed by atoms with Gasteiger partial charge in [-0.15, -0.1) is 0 Å². The molecule has 294 valence electrons. The molecule has 3 heteroatoms. The Hall–Kier alpha value is -8.40. The minimum Gasteiger partial charge on any atom is -0.456 e. The molecule has 0 unspecified atom stereocenters. The maximum absolute atomic E-state index is 6.75. The minimum atomic E-state index is 0.828. The summed E-state index contributed by atoms with van der Waals surface area (Å²) in [6.45, 7) is 0. The van der Waals surface area contributed by atoms with E-state index in [0.29, 0.717) is 0 Å². The van der Waals surface area contributed by atoms with E-state index in [-0.39, 0.29) is 0 Å². The van der Waals surface area contributed by atoms with Crippen molar-refractivity contribution in [3.8, 4) is 33.4 Å². The Balaban J connectivity index is 1.17. The summed E-state index contributed by atoms with van der Waals surface area (Å²) in [4.78, 5) is 2.46. The van der Waals surface area contributed by atoms with Crippen LogP contribution in [0.1, 0.15) is 0 Å².